The second-order valence-corrected chi connectivity index (χ2v) is 4.89. The minimum atomic E-state index is 0.0908. The van der Waals surface area contributed by atoms with Crippen LogP contribution in [0.5, 0.6) is 11.5 Å². The van der Waals surface area contributed by atoms with Crippen molar-refractivity contribution in [1.29, 1.82) is 0 Å². The Kier molecular flexibility index (Phi) is 4.00. The van der Waals surface area contributed by atoms with E-state index in [1.165, 1.54) is 0 Å². The highest BCUT2D eigenvalue weighted by Gasteiger charge is 2.03. The molecule has 0 aliphatic carbocycles. The van der Waals surface area contributed by atoms with Crippen LogP contribution >= 0.6 is 23.2 Å². The maximum atomic E-state index is 9.32. The maximum Gasteiger partial charge on any atom is 0.134 e. The van der Waals surface area contributed by atoms with Gasteiger partial charge in [0.15, 0.2) is 0 Å². The highest BCUT2D eigenvalue weighted by Crippen LogP contribution is 2.26. The van der Waals surface area contributed by atoms with Crippen LogP contribution in [0.15, 0.2) is 36.4 Å². The van der Waals surface area contributed by atoms with Crippen molar-refractivity contribution in [3.63, 3.8) is 0 Å². The second-order valence-electron chi connectivity index (χ2n) is 4.07. The minimum absolute atomic E-state index is 0.0908. The predicted molar refractivity (Wildman–Crippen MR) is 73.6 cm³/mol. The molecule has 0 aromatic heterocycles. The van der Waals surface area contributed by atoms with E-state index in [0.29, 0.717) is 10.0 Å². The highest BCUT2D eigenvalue weighted by atomic mass is 35.5. The van der Waals surface area contributed by atoms with E-state index in [-0.39, 0.29) is 11.5 Å². The Hall–Kier alpha value is -1.38. The van der Waals surface area contributed by atoms with Gasteiger partial charge in [0.05, 0.1) is 10.0 Å². The molecular weight excluding hydrogens is 271 g/mol. The van der Waals surface area contributed by atoms with Crippen LogP contribution in [0.1, 0.15) is 11.1 Å². The van der Waals surface area contributed by atoms with Crippen LogP contribution in [0.3, 0.4) is 0 Å². The largest absolute Gasteiger partial charge is 0.506 e. The molecule has 0 saturated heterocycles. The molecule has 2 N–H and O–H groups in total. The van der Waals surface area contributed by atoms with Gasteiger partial charge in [0.1, 0.15) is 11.5 Å². The summed E-state index contributed by atoms with van der Waals surface area (Å²) in [5.74, 6) is 0.182. The SMILES string of the molecule is Oc1ccc(CCc2ccc(O)c(Cl)c2)cc1Cl. The molecular formula is C14H12Cl2O2. The van der Waals surface area contributed by atoms with Gasteiger partial charge in [-0.3, -0.25) is 0 Å². The number of rotatable bonds is 3. The lowest BCUT2D eigenvalue weighted by atomic mass is 10.0. The molecule has 4 heteroatoms. The molecule has 0 aliphatic rings. The minimum Gasteiger partial charge on any atom is -0.506 e. The summed E-state index contributed by atoms with van der Waals surface area (Å²) in [4.78, 5) is 0. The number of aromatic hydroxyl groups is 2. The lowest BCUT2D eigenvalue weighted by Crippen LogP contribution is -1.91. The Balaban J connectivity index is 2.06. The Labute approximate surface area is 115 Å². The van der Waals surface area contributed by atoms with Crippen LogP contribution in [0.4, 0.5) is 0 Å². The molecule has 0 bridgehead atoms. The van der Waals surface area contributed by atoms with Gasteiger partial charge in [-0.05, 0) is 48.2 Å². The van der Waals surface area contributed by atoms with Crippen LogP contribution in [-0.4, -0.2) is 10.2 Å². The van der Waals surface area contributed by atoms with E-state index >= 15 is 0 Å². The zero-order valence-electron chi connectivity index (χ0n) is 9.53. The fraction of sp³-hybridized carbons (Fsp3) is 0.143. The number of hydrogen-bond acceptors (Lipinski definition) is 2. The van der Waals surface area contributed by atoms with Crippen molar-refractivity contribution in [1.82, 2.24) is 0 Å². The van der Waals surface area contributed by atoms with Gasteiger partial charge < -0.3 is 10.2 Å². The normalized spacial score (nSPS) is 10.6. The van der Waals surface area contributed by atoms with Crippen molar-refractivity contribution in [2.24, 2.45) is 0 Å². The molecule has 0 aliphatic heterocycles. The lowest BCUT2D eigenvalue weighted by molar-refractivity contribution is 0.474. The van der Waals surface area contributed by atoms with Crippen molar-refractivity contribution in [2.75, 3.05) is 0 Å². The molecule has 0 fully saturated rings. The molecule has 0 unspecified atom stereocenters. The van der Waals surface area contributed by atoms with Crippen LogP contribution in [-0.2, 0) is 12.8 Å². The molecule has 0 amide bonds. The van der Waals surface area contributed by atoms with Crippen molar-refractivity contribution < 1.29 is 10.2 Å². The summed E-state index contributed by atoms with van der Waals surface area (Å²) in [5, 5.41) is 19.4. The number of phenolic OH excluding ortho intramolecular Hbond substituents is 2. The first-order valence-corrected chi connectivity index (χ1v) is 6.26. The molecule has 0 heterocycles. The molecule has 18 heavy (non-hydrogen) atoms. The summed E-state index contributed by atoms with van der Waals surface area (Å²) < 4.78 is 0. The summed E-state index contributed by atoms with van der Waals surface area (Å²) in [6, 6.07) is 10.3. The summed E-state index contributed by atoms with van der Waals surface area (Å²) in [7, 11) is 0. The first-order valence-electron chi connectivity index (χ1n) is 5.51. The first kappa shape index (κ1) is 13.1. The Bertz CT molecular complexity index is 516. The number of phenols is 2. The number of benzene rings is 2. The van der Waals surface area contributed by atoms with E-state index in [1.807, 2.05) is 12.1 Å². The molecule has 2 rings (SSSR count). The zero-order valence-corrected chi connectivity index (χ0v) is 11.0. The first-order chi connectivity index (χ1) is 8.56. The van der Waals surface area contributed by atoms with Gasteiger partial charge in [-0.25, -0.2) is 0 Å². The second kappa shape index (κ2) is 5.51. The van der Waals surface area contributed by atoms with E-state index in [2.05, 4.69) is 0 Å². The van der Waals surface area contributed by atoms with Crippen molar-refractivity contribution in [2.45, 2.75) is 12.8 Å². The molecule has 94 valence electrons. The number of hydrogen-bond donors (Lipinski definition) is 2. The smallest absolute Gasteiger partial charge is 0.134 e. The quantitative estimate of drug-likeness (QED) is 0.886. The summed E-state index contributed by atoms with van der Waals surface area (Å²) in [6.45, 7) is 0. The fourth-order valence-corrected chi connectivity index (χ4v) is 2.11. The Morgan fingerprint density at radius 1 is 0.722 bits per heavy atom. The average molecular weight is 283 g/mol. The van der Waals surface area contributed by atoms with Crippen molar-refractivity contribution in [3.8, 4) is 11.5 Å². The molecule has 0 saturated carbocycles. The fourth-order valence-electron chi connectivity index (χ4n) is 1.70. The van der Waals surface area contributed by atoms with E-state index in [0.717, 1.165) is 24.0 Å². The van der Waals surface area contributed by atoms with E-state index < -0.39 is 0 Å². The number of halogens is 2. The standard InChI is InChI=1S/C14H12Cl2O2/c15-11-7-9(3-5-13(11)17)1-2-10-4-6-14(18)12(16)8-10/h3-8,17-18H,1-2H2. The van der Waals surface area contributed by atoms with E-state index in [4.69, 9.17) is 23.2 Å². The summed E-state index contributed by atoms with van der Waals surface area (Å²) in [5.41, 5.74) is 2.09. The zero-order chi connectivity index (χ0) is 13.1. The third-order valence-electron chi connectivity index (χ3n) is 2.73. The van der Waals surface area contributed by atoms with Crippen LogP contribution in [0.25, 0.3) is 0 Å². The summed E-state index contributed by atoms with van der Waals surface area (Å²) >= 11 is 11.7. The molecule has 2 nitrogen and oxygen atoms in total. The predicted octanol–water partition coefficient (Wildman–Crippen LogP) is 4.19. The average Bonchev–Trinajstić information content (AvgIpc) is 2.35. The monoisotopic (exact) mass is 282 g/mol. The van der Waals surface area contributed by atoms with Crippen LogP contribution in [0, 0.1) is 0 Å². The lowest BCUT2D eigenvalue weighted by Gasteiger charge is -2.05. The Morgan fingerprint density at radius 2 is 1.11 bits per heavy atom. The summed E-state index contributed by atoms with van der Waals surface area (Å²) in [6.07, 6.45) is 1.59. The van der Waals surface area contributed by atoms with Gasteiger partial charge in [0.2, 0.25) is 0 Å². The number of aryl methyl sites for hydroxylation is 2. The third-order valence-corrected chi connectivity index (χ3v) is 3.33. The van der Waals surface area contributed by atoms with Crippen LogP contribution in [0.2, 0.25) is 10.0 Å². The van der Waals surface area contributed by atoms with Crippen LogP contribution < -0.4 is 0 Å². The molecule has 0 radical (unpaired) electrons. The van der Waals surface area contributed by atoms with E-state index in [9.17, 15) is 10.2 Å². The van der Waals surface area contributed by atoms with E-state index in [1.54, 1.807) is 24.3 Å². The molecule has 0 atom stereocenters. The molecule has 2 aromatic carbocycles. The van der Waals surface area contributed by atoms with Gasteiger partial charge in [-0.2, -0.15) is 0 Å². The highest BCUT2D eigenvalue weighted by molar-refractivity contribution is 6.32. The van der Waals surface area contributed by atoms with Gasteiger partial charge in [-0.15, -0.1) is 0 Å². The van der Waals surface area contributed by atoms with Crippen molar-refractivity contribution in [3.05, 3.63) is 57.6 Å². The Morgan fingerprint density at radius 3 is 1.44 bits per heavy atom. The third kappa shape index (κ3) is 3.09. The molecule has 0 spiro atoms. The van der Waals surface area contributed by atoms with Crippen molar-refractivity contribution >= 4 is 23.2 Å². The van der Waals surface area contributed by atoms with Gasteiger partial charge in [0, 0.05) is 0 Å². The van der Waals surface area contributed by atoms with Gasteiger partial charge in [-0.1, -0.05) is 35.3 Å². The molecule has 2 aromatic rings. The topological polar surface area (TPSA) is 40.5 Å². The van der Waals surface area contributed by atoms with Gasteiger partial charge in [0.25, 0.3) is 0 Å². The maximum absolute atomic E-state index is 9.32. The van der Waals surface area contributed by atoms with Gasteiger partial charge >= 0.3 is 0 Å².